The first-order valence-corrected chi connectivity index (χ1v) is 10.7. The smallest absolute Gasteiger partial charge is 0.141 e. The van der Waals surface area contributed by atoms with Crippen LogP contribution in [-0.2, 0) is 6.54 Å². The summed E-state index contributed by atoms with van der Waals surface area (Å²) < 4.78 is 11.2. The average Bonchev–Trinajstić information content (AvgIpc) is 3.38. The summed E-state index contributed by atoms with van der Waals surface area (Å²) in [4.78, 5) is 0. The molecular weight excluding hydrogens is 374 g/mol. The summed E-state index contributed by atoms with van der Waals surface area (Å²) in [7, 11) is 0. The Balaban J connectivity index is 1.44. The minimum absolute atomic E-state index is 0.317. The second kappa shape index (κ2) is 8.09. The van der Waals surface area contributed by atoms with Crippen LogP contribution in [0.5, 0.6) is 0 Å². The zero-order valence-corrected chi connectivity index (χ0v) is 17.4. The minimum Gasteiger partial charge on any atom is -0.464 e. The van der Waals surface area contributed by atoms with Gasteiger partial charge in [0.15, 0.2) is 0 Å². The van der Waals surface area contributed by atoms with Gasteiger partial charge in [-0.2, -0.15) is 0 Å². The molecule has 0 radical (unpaired) electrons. The molecule has 0 spiro atoms. The summed E-state index contributed by atoms with van der Waals surface area (Å²) >= 11 is 0. The predicted molar refractivity (Wildman–Crippen MR) is 118 cm³/mol. The van der Waals surface area contributed by atoms with Gasteiger partial charge < -0.3 is 19.6 Å². The van der Waals surface area contributed by atoms with Gasteiger partial charge >= 0.3 is 0 Å². The Kier molecular flexibility index (Phi) is 5.15. The van der Waals surface area contributed by atoms with Crippen molar-refractivity contribution in [2.75, 3.05) is 6.54 Å². The molecule has 2 N–H and O–H groups in total. The number of fused-ring (bicyclic) bond motifs is 1. The van der Waals surface area contributed by atoms with E-state index in [1.54, 1.807) is 6.26 Å². The Morgan fingerprint density at radius 2 is 2.00 bits per heavy atom. The molecule has 0 aliphatic carbocycles. The van der Waals surface area contributed by atoms with E-state index in [1.807, 2.05) is 19.9 Å². The second-order valence-electron chi connectivity index (χ2n) is 8.15. The molecule has 154 valence electrons. The average molecular weight is 402 g/mol. The highest BCUT2D eigenvalue weighted by Crippen LogP contribution is 2.33. The van der Waals surface area contributed by atoms with Crippen LogP contribution >= 0.6 is 0 Å². The van der Waals surface area contributed by atoms with E-state index in [9.17, 15) is 0 Å². The standard InChI is InChI=1S/C25H27N3O2/c1-16-23(17(2)30-28-16)20-13-19-10-12-29-25(19)21(14-20)15-27-22-9-6-11-26-24(22)18-7-4-3-5-8-18/h3-5,7-8,10,12-14,22,24,26-27H,6,9,11,15H2,1-2H3/t22-,24-/m0/s1. The van der Waals surface area contributed by atoms with Crippen molar-refractivity contribution in [3.8, 4) is 11.1 Å². The van der Waals surface area contributed by atoms with Crippen molar-refractivity contribution in [1.82, 2.24) is 15.8 Å². The van der Waals surface area contributed by atoms with Crippen LogP contribution in [0, 0.1) is 13.8 Å². The molecule has 3 heterocycles. The lowest BCUT2D eigenvalue weighted by molar-refractivity contribution is 0.304. The Bertz CT molecular complexity index is 1130. The van der Waals surface area contributed by atoms with Crippen LogP contribution in [0.3, 0.4) is 0 Å². The number of aryl methyl sites for hydroxylation is 2. The van der Waals surface area contributed by atoms with Crippen molar-refractivity contribution in [3.05, 3.63) is 77.4 Å². The van der Waals surface area contributed by atoms with E-state index in [0.29, 0.717) is 12.1 Å². The maximum Gasteiger partial charge on any atom is 0.141 e. The van der Waals surface area contributed by atoms with Gasteiger partial charge in [-0.1, -0.05) is 35.5 Å². The summed E-state index contributed by atoms with van der Waals surface area (Å²) in [6.45, 7) is 5.76. The Morgan fingerprint density at radius 1 is 1.13 bits per heavy atom. The van der Waals surface area contributed by atoms with Gasteiger partial charge in [-0.3, -0.25) is 0 Å². The Hall–Kier alpha value is -2.89. The van der Waals surface area contributed by atoms with Crippen LogP contribution in [0.15, 0.2) is 63.7 Å². The van der Waals surface area contributed by atoms with Crippen molar-refractivity contribution in [1.29, 1.82) is 0 Å². The lowest BCUT2D eigenvalue weighted by Crippen LogP contribution is -2.45. The fourth-order valence-electron chi connectivity index (χ4n) is 4.69. The highest BCUT2D eigenvalue weighted by atomic mass is 16.5. The number of nitrogens with one attached hydrogen (secondary N) is 2. The summed E-state index contributed by atoms with van der Waals surface area (Å²) in [5.74, 6) is 0.842. The number of aromatic nitrogens is 1. The fraction of sp³-hybridized carbons (Fsp3) is 0.320. The Morgan fingerprint density at radius 3 is 2.80 bits per heavy atom. The molecule has 30 heavy (non-hydrogen) atoms. The number of hydrogen-bond acceptors (Lipinski definition) is 5. The van der Waals surface area contributed by atoms with E-state index in [1.165, 1.54) is 12.0 Å². The summed E-state index contributed by atoms with van der Waals surface area (Å²) in [5.41, 5.74) is 6.54. The van der Waals surface area contributed by atoms with Crippen molar-refractivity contribution in [3.63, 3.8) is 0 Å². The van der Waals surface area contributed by atoms with Crippen LogP contribution in [0.2, 0.25) is 0 Å². The summed E-state index contributed by atoms with van der Waals surface area (Å²) in [6, 6.07) is 17.8. The van der Waals surface area contributed by atoms with Crippen LogP contribution in [-0.4, -0.2) is 17.7 Å². The predicted octanol–water partition coefficient (Wildman–Crippen LogP) is 5.29. The molecule has 2 aromatic carbocycles. The van der Waals surface area contributed by atoms with Gasteiger partial charge in [0, 0.05) is 35.1 Å². The molecule has 2 aromatic heterocycles. The third-order valence-corrected chi connectivity index (χ3v) is 6.12. The number of rotatable bonds is 5. The number of benzene rings is 2. The monoisotopic (exact) mass is 401 g/mol. The van der Waals surface area contributed by atoms with Crippen LogP contribution < -0.4 is 10.6 Å². The molecule has 1 fully saturated rings. The third-order valence-electron chi connectivity index (χ3n) is 6.12. The fourth-order valence-corrected chi connectivity index (χ4v) is 4.69. The molecule has 0 bridgehead atoms. The molecule has 0 saturated carbocycles. The van der Waals surface area contributed by atoms with Gasteiger partial charge in [-0.05, 0) is 62.6 Å². The van der Waals surface area contributed by atoms with Gasteiger partial charge in [0.25, 0.3) is 0 Å². The SMILES string of the molecule is Cc1noc(C)c1-c1cc(CN[C@H]2CCCN[C@H]2c2ccccc2)c2occc2c1. The normalized spacial score (nSPS) is 19.4. The highest BCUT2D eigenvalue weighted by Gasteiger charge is 2.26. The number of furan rings is 1. The third kappa shape index (κ3) is 3.55. The first-order valence-electron chi connectivity index (χ1n) is 10.7. The van der Waals surface area contributed by atoms with Crippen molar-refractivity contribution in [2.24, 2.45) is 0 Å². The van der Waals surface area contributed by atoms with Gasteiger partial charge in [0.05, 0.1) is 12.0 Å². The molecule has 4 aromatic rings. The molecule has 0 amide bonds. The Labute approximate surface area is 176 Å². The molecule has 5 nitrogen and oxygen atoms in total. The zero-order chi connectivity index (χ0) is 20.5. The van der Waals surface area contributed by atoms with Crippen molar-refractivity contribution < 1.29 is 8.94 Å². The van der Waals surface area contributed by atoms with E-state index in [2.05, 4.69) is 58.3 Å². The maximum atomic E-state index is 5.84. The minimum atomic E-state index is 0.317. The van der Waals surface area contributed by atoms with E-state index < -0.39 is 0 Å². The second-order valence-corrected chi connectivity index (χ2v) is 8.15. The lowest BCUT2D eigenvalue weighted by Gasteiger charge is -2.34. The van der Waals surface area contributed by atoms with Crippen LogP contribution in [0.25, 0.3) is 22.1 Å². The molecule has 1 saturated heterocycles. The zero-order valence-electron chi connectivity index (χ0n) is 17.4. The van der Waals surface area contributed by atoms with E-state index in [-0.39, 0.29) is 0 Å². The highest BCUT2D eigenvalue weighted by molar-refractivity contribution is 5.87. The molecular formula is C25H27N3O2. The van der Waals surface area contributed by atoms with Gasteiger partial charge in [0.2, 0.25) is 0 Å². The molecule has 2 atom stereocenters. The lowest BCUT2D eigenvalue weighted by atomic mass is 9.92. The first kappa shape index (κ1) is 19.1. The largest absolute Gasteiger partial charge is 0.464 e. The van der Waals surface area contributed by atoms with Crippen molar-refractivity contribution in [2.45, 2.75) is 45.3 Å². The molecule has 5 heteroatoms. The molecule has 0 unspecified atom stereocenters. The molecule has 5 rings (SSSR count). The van der Waals surface area contributed by atoms with Gasteiger partial charge in [-0.25, -0.2) is 0 Å². The quantitative estimate of drug-likeness (QED) is 0.476. The maximum absolute atomic E-state index is 5.84. The van der Waals surface area contributed by atoms with E-state index in [4.69, 9.17) is 8.94 Å². The number of nitrogens with zero attached hydrogens (tertiary/aromatic N) is 1. The summed E-state index contributed by atoms with van der Waals surface area (Å²) in [5, 5.41) is 12.7. The van der Waals surface area contributed by atoms with E-state index in [0.717, 1.165) is 58.6 Å². The summed E-state index contributed by atoms with van der Waals surface area (Å²) in [6.07, 6.45) is 4.09. The first-order chi connectivity index (χ1) is 14.7. The number of hydrogen-bond donors (Lipinski definition) is 2. The van der Waals surface area contributed by atoms with Crippen LogP contribution in [0.4, 0.5) is 0 Å². The van der Waals surface area contributed by atoms with Gasteiger partial charge in [0.1, 0.15) is 11.3 Å². The molecule has 1 aliphatic rings. The van der Waals surface area contributed by atoms with Gasteiger partial charge in [-0.15, -0.1) is 0 Å². The van der Waals surface area contributed by atoms with E-state index >= 15 is 0 Å². The molecule has 1 aliphatic heterocycles. The van der Waals surface area contributed by atoms with Crippen molar-refractivity contribution >= 4 is 11.0 Å². The topological polar surface area (TPSA) is 63.2 Å². The number of piperidine rings is 1. The van der Waals surface area contributed by atoms with Crippen LogP contribution in [0.1, 0.15) is 41.5 Å².